The number of aromatic amines is 1. The molecule has 1 unspecified atom stereocenters. The highest BCUT2D eigenvalue weighted by molar-refractivity contribution is 5.95. The van der Waals surface area contributed by atoms with Crippen molar-refractivity contribution in [1.29, 1.82) is 0 Å². The number of carbonyl (C=O) groups is 1. The van der Waals surface area contributed by atoms with Crippen molar-refractivity contribution in [3.8, 4) is 0 Å². The Kier molecular flexibility index (Phi) is 2.58. The minimum atomic E-state index is 0.0617. The topological polar surface area (TPSA) is 87.9 Å². The van der Waals surface area contributed by atoms with Crippen LogP contribution in [0.1, 0.15) is 53.0 Å². The van der Waals surface area contributed by atoms with Gasteiger partial charge in [0.1, 0.15) is 5.76 Å². The lowest BCUT2D eigenvalue weighted by molar-refractivity contribution is 0.0788. The second-order valence-corrected chi connectivity index (χ2v) is 5.48. The number of carbonyl (C=O) groups excluding carboxylic acids is 1. The molecule has 1 atom stereocenters. The maximum Gasteiger partial charge on any atom is 0.257 e. The Labute approximate surface area is 115 Å². The van der Waals surface area contributed by atoms with E-state index in [2.05, 4.69) is 20.6 Å². The van der Waals surface area contributed by atoms with Crippen molar-refractivity contribution in [2.24, 2.45) is 0 Å². The normalized spacial score (nSPS) is 22.4. The van der Waals surface area contributed by atoms with Crippen LogP contribution in [-0.2, 0) is 0 Å². The van der Waals surface area contributed by atoms with Gasteiger partial charge in [0.25, 0.3) is 5.91 Å². The number of nitrogens with zero attached hydrogens (tertiary/aromatic N) is 4. The summed E-state index contributed by atoms with van der Waals surface area (Å²) in [6.45, 7) is 1.38. The van der Waals surface area contributed by atoms with Crippen molar-refractivity contribution in [2.75, 3.05) is 13.1 Å². The lowest BCUT2D eigenvalue weighted by Gasteiger charge is -2.15. The van der Waals surface area contributed by atoms with Crippen LogP contribution in [0.3, 0.4) is 0 Å². The fourth-order valence-electron chi connectivity index (χ4n) is 2.83. The molecule has 2 aromatic heterocycles. The Bertz CT molecular complexity index is 617. The summed E-state index contributed by atoms with van der Waals surface area (Å²) < 4.78 is 5.48. The molecule has 1 amide bonds. The van der Waals surface area contributed by atoms with Crippen molar-refractivity contribution in [3.05, 3.63) is 29.5 Å². The van der Waals surface area contributed by atoms with E-state index in [-0.39, 0.29) is 11.8 Å². The molecule has 2 fully saturated rings. The van der Waals surface area contributed by atoms with Gasteiger partial charge in [-0.3, -0.25) is 4.79 Å². The number of nitrogens with one attached hydrogen (secondary N) is 1. The summed E-state index contributed by atoms with van der Waals surface area (Å²) in [4.78, 5) is 14.4. The summed E-state index contributed by atoms with van der Waals surface area (Å²) >= 11 is 0. The van der Waals surface area contributed by atoms with Gasteiger partial charge in [-0.25, -0.2) is 0 Å². The molecular weight excluding hydrogens is 258 g/mol. The third-order valence-corrected chi connectivity index (χ3v) is 4.08. The van der Waals surface area contributed by atoms with Crippen LogP contribution < -0.4 is 0 Å². The van der Waals surface area contributed by atoms with Gasteiger partial charge < -0.3 is 9.32 Å². The lowest BCUT2D eigenvalue weighted by Crippen LogP contribution is -2.28. The van der Waals surface area contributed by atoms with E-state index in [1.165, 1.54) is 0 Å². The molecule has 7 nitrogen and oxygen atoms in total. The van der Waals surface area contributed by atoms with Crippen LogP contribution in [0.25, 0.3) is 0 Å². The Morgan fingerprint density at radius 2 is 2.25 bits per heavy atom. The summed E-state index contributed by atoms with van der Waals surface area (Å²) in [5.41, 5.74) is 0.723. The number of aromatic nitrogens is 4. The Morgan fingerprint density at radius 3 is 3.00 bits per heavy atom. The Morgan fingerprint density at radius 1 is 1.35 bits per heavy atom. The summed E-state index contributed by atoms with van der Waals surface area (Å²) in [5, 5.41) is 14.1. The highest BCUT2D eigenvalue weighted by atomic mass is 16.3. The van der Waals surface area contributed by atoms with Crippen LogP contribution in [0.2, 0.25) is 0 Å². The molecule has 20 heavy (non-hydrogen) atoms. The van der Waals surface area contributed by atoms with Gasteiger partial charge in [-0.05, 0) is 25.3 Å². The summed E-state index contributed by atoms with van der Waals surface area (Å²) in [6.07, 6.45) is 4.74. The number of furan rings is 1. The third-order valence-electron chi connectivity index (χ3n) is 4.08. The number of hydrogen-bond donors (Lipinski definition) is 1. The maximum atomic E-state index is 12.6. The highest BCUT2D eigenvalue weighted by Gasteiger charge is 2.35. The molecule has 0 spiro atoms. The number of tetrazole rings is 1. The number of rotatable bonds is 3. The van der Waals surface area contributed by atoms with Gasteiger partial charge in [-0.2, -0.15) is 5.21 Å². The first-order chi connectivity index (χ1) is 9.83. The molecule has 1 N–H and O–H groups in total. The minimum Gasteiger partial charge on any atom is -0.468 e. The van der Waals surface area contributed by atoms with Crippen LogP contribution in [0.15, 0.2) is 16.7 Å². The zero-order valence-corrected chi connectivity index (χ0v) is 11.0. The van der Waals surface area contributed by atoms with Crippen LogP contribution in [0, 0.1) is 0 Å². The molecule has 4 rings (SSSR count). The molecule has 0 radical (unpaired) electrons. The molecule has 1 saturated carbocycles. The third kappa shape index (κ3) is 1.90. The average Bonchev–Trinajstić information content (AvgIpc) is 2.97. The van der Waals surface area contributed by atoms with E-state index in [0.717, 1.165) is 37.1 Å². The Balaban J connectivity index is 1.51. The average molecular weight is 273 g/mol. The summed E-state index contributed by atoms with van der Waals surface area (Å²) in [7, 11) is 0. The van der Waals surface area contributed by atoms with Crippen molar-refractivity contribution < 1.29 is 9.21 Å². The van der Waals surface area contributed by atoms with E-state index >= 15 is 0 Å². The molecular formula is C13H15N5O2. The van der Waals surface area contributed by atoms with E-state index < -0.39 is 0 Å². The van der Waals surface area contributed by atoms with Crippen molar-refractivity contribution in [3.63, 3.8) is 0 Å². The summed E-state index contributed by atoms with van der Waals surface area (Å²) in [6, 6.07) is 1.79. The number of H-pyrrole nitrogens is 1. The fraction of sp³-hybridized carbons (Fsp3) is 0.538. The molecule has 0 aromatic carbocycles. The lowest BCUT2D eigenvalue weighted by atomic mass is 10.1. The molecule has 2 aromatic rings. The van der Waals surface area contributed by atoms with Crippen LogP contribution in [-0.4, -0.2) is 44.5 Å². The first-order valence-corrected chi connectivity index (χ1v) is 6.93. The van der Waals surface area contributed by atoms with Crippen LogP contribution >= 0.6 is 0 Å². The van der Waals surface area contributed by atoms with Gasteiger partial charge in [0.05, 0.1) is 11.8 Å². The van der Waals surface area contributed by atoms with E-state index in [0.29, 0.717) is 18.3 Å². The standard InChI is InChI=1S/C13H15N5O2/c19-13(10-4-6-20-11(10)8-1-2-8)18-5-3-9(7-18)12-14-16-17-15-12/h4,6,8-9H,1-3,5,7H2,(H,14,15,16,17). The molecule has 2 aliphatic rings. The smallest absolute Gasteiger partial charge is 0.257 e. The van der Waals surface area contributed by atoms with Gasteiger partial charge in [-0.15, -0.1) is 10.2 Å². The first kappa shape index (κ1) is 11.6. The molecule has 104 valence electrons. The zero-order valence-electron chi connectivity index (χ0n) is 11.0. The van der Waals surface area contributed by atoms with E-state index in [1.54, 1.807) is 12.3 Å². The van der Waals surface area contributed by atoms with Gasteiger partial charge in [0.15, 0.2) is 5.82 Å². The zero-order chi connectivity index (χ0) is 13.5. The van der Waals surface area contributed by atoms with Crippen molar-refractivity contribution >= 4 is 5.91 Å². The largest absolute Gasteiger partial charge is 0.468 e. The predicted octanol–water partition coefficient (Wildman–Crippen LogP) is 1.30. The minimum absolute atomic E-state index is 0.0617. The summed E-state index contributed by atoms with van der Waals surface area (Å²) in [5.74, 6) is 2.23. The second kappa shape index (κ2) is 4.43. The number of amides is 1. The fourth-order valence-corrected chi connectivity index (χ4v) is 2.83. The van der Waals surface area contributed by atoms with Crippen LogP contribution in [0.5, 0.6) is 0 Å². The van der Waals surface area contributed by atoms with Gasteiger partial charge in [-0.1, -0.05) is 5.21 Å². The SMILES string of the molecule is O=C(c1ccoc1C1CC1)N1CCC(c2nn[nH]n2)C1. The highest BCUT2D eigenvalue weighted by Crippen LogP contribution is 2.42. The molecule has 1 aliphatic heterocycles. The molecule has 0 bridgehead atoms. The monoisotopic (exact) mass is 273 g/mol. The first-order valence-electron chi connectivity index (χ1n) is 6.93. The van der Waals surface area contributed by atoms with Crippen molar-refractivity contribution in [1.82, 2.24) is 25.5 Å². The number of hydrogen-bond acceptors (Lipinski definition) is 5. The van der Waals surface area contributed by atoms with Gasteiger partial charge in [0, 0.05) is 24.9 Å². The quantitative estimate of drug-likeness (QED) is 0.910. The molecule has 7 heteroatoms. The van der Waals surface area contributed by atoms with E-state index in [1.807, 2.05) is 4.90 Å². The van der Waals surface area contributed by atoms with Gasteiger partial charge >= 0.3 is 0 Å². The second-order valence-electron chi connectivity index (χ2n) is 5.48. The predicted molar refractivity (Wildman–Crippen MR) is 68.1 cm³/mol. The maximum absolute atomic E-state index is 12.6. The van der Waals surface area contributed by atoms with E-state index in [9.17, 15) is 4.79 Å². The molecule has 1 aliphatic carbocycles. The number of likely N-dealkylation sites (tertiary alicyclic amines) is 1. The van der Waals surface area contributed by atoms with Crippen molar-refractivity contribution in [2.45, 2.75) is 31.1 Å². The molecule has 3 heterocycles. The van der Waals surface area contributed by atoms with Crippen LogP contribution in [0.4, 0.5) is 0 Å². The molecule has 1 saturated heterocycles. The van der Waals surface area contributed by atoms with Gasteiger partial charge in [0.2, 0.25) is 0 Å². The van der Waals surface area contributed by atoms with E-state index in [4.69, 9.17) is 4.42 Å². The Hall–Kier alpha value is -2.18.